The van der Waals surface area contributed by atoms with Gasteiger partial charge in [-0.2, -0.15) is 5.10 Å². The highest BCUT2D eigenvalue weighted by Gasteiger charge is 2.58. The summed E-state index contributed by atoms with van der Waals surface area (Å²) in [6.45, 7) is 0.154. The summed E-state index contributed by atoms with van der Waals surface area (Å²) < 4.78 is 17.1. The Kier molecular flexibility index (Phi) is 3.30. The van der Waals surface area contributed by atoms with E-state index in [2.05, 4.69) is 20.7 Å². The van der Waals surface area contributed by atoms with E-state index in [1.165, 1.54) is 0 Å². The summed E-state index contributed by atoms with van der Waals surface area (Å²) in [5, 5.41) is 9.29. The molecule has 8 heteroatoms. The number of alkyl halides is 1. The number of carbonyl (C=O) groups excluding carboxylic acids is 2. The molecule has 5 rings (SSSR count). The lowest BCUT2D eigenvalue weighted by molar-refractivity contribution is -0.122. The maximum atomic E-state index is 15.5. The smallest absolute Gasteiger partial charge is 0.321 e. The second-order valence-electron chi connectivity index (χ2n) is 6.96. The molecule has 3 aromatic rings. The molecule has 2 fully saturated rings. The molecule has 2 aliphatic rings. The van der Waals surface area contributed by atoms with Crippen molar-refractivity contribution in [3.63, 3.8) is 0 Å². The average molecular weight is 365 g/mol. The largest absolute Gasteiger partial charge is 0.337 e. The van der Waals surface area contributed by atoms with Crippen molar-refractivity contribution in [1.82, 2.24) is 25.2 Å². The Morgan fingerprint density at radius 3 is 2.81 bits per heavy atom. The minimum atomic E-state index is -1.45. The van der Waals surface area contributed by atoms with Crippen LogP contribution in [0.15, 0.2) is 48.8 Å². The molecule has 2 N–H and O–H groups in total. The fourth-order valence-corrected chi connectivity index (χ4v) is 3.79. The lowest BCUT2D eigenvalue weighted by Crippen LogP contribution is -2.51. The van der Waals surface area contributed by atoms with Gasteiger partial charge in [-0.25, -0.2) is 18.7 Å². The van der Waals surface area contributed by atoms with Crippen molar-refractivity contribution < 1.29 is 14.0 Å². The minimum absolute atomic E-state index is 0.154. The summed E-state index contributed by atoms with van der Waals surface area (Å²) in [7, 11) is 0. The summed E-state index contributed by atoms with van der Waals surface area (Å²) >= 11 is 0. The van der Waals surface area contributed by atoms with E-state index in [4.69, 9.17) is 0 Å². The van der Waals surface area contributed by atoms with Crippen LogP contribution in [-0.2, 0) is 10.5 Å². The Balaban J connectivity index is 1.56. The zero-order chi connectivity index (χ0) is 18.6. The van der Waals surface area contributed by atoms with Crippen LogP contribution in [0.4, 0.5) is 9.18 Å². The lowest BCUT2D eigenvalue weighted by Gasteiger charge is -2.22. The normalized spacial score (nSPS) is 27.3. The summed E-state index contributed by atoms with van der Waals surface area (Å²) in [6.07, 6.45) is 3.63. The quantitative estimate of drug-likeness (QED) is 0.743. The molecule has 1 saturated heterocycles. The van der Waals surface area contributed by atoms with Crippen LogP contribution >= 0.6 is 0 Å². The van der Waals surface area contributed by atoms with Crippen molar-refractivity contribution in [2.45, 2.75) is 23.9 Å². The van der Waals surface area contributed by atoms with E-state index in [1.54, 1.807) is 35.1 Å². The molecule has 0 bridgehead atoms. The Morgan fingerprint density at radius 1 is 1.22 bits per heavy atom. The lowest BCUT2D eigenvalue weighted by atomic mass is 9.98. The van der Waals surface area contributed by atoms with Gasteiger partial charge in [0.2, 0.25) is 5.91 Å². The fourth-order valence-electron chi connectivity index (χ4n) is 3.79. The van der Waals surface area contributed by atoms with E-state index in [1.807, 2.05) is 18.2 Å². The molecule has 3 atom stereocenters. The third-order valence-electron chi connectivity index (χ3n) is 5.31. The van der Waals surface area contributed by atoms with Gasteiger partial charge in [-0.15, -0.1) is 0 Å². The van der Waals surface area contributed by atoms with Gasteiger partial charge in [0.15, 0.2) is 5.65 Å². The van der Waals surface area contributed by atoms with Crippen LogP contribution in [0.2, 0.25) is 0 Å². The van der Waals surface area contributed by atoms with Crippen LogP contribution < -0.4 is 10.6 Å². The highest BCUT2D eigenvalue weighted by atomic mass is 19.1. The van der Waals surface area contributed by atoms with Crippen LogP contribution in [-0.4, -0.2) is 33.1 Å². The number of imide groups is 1. The monoisotopic (exact) mass is 365 g/mol. The number of fused-ring (bicyclic) bond motifs is 1. The van der Waals surface area contributed by atoms with Gasteiger partial charge in [-0.1, -0.05) is 30.3 Å². The molecule has 136 valence electrons. The van der Waals surface area contributed by atoms with Crippen LogP contribution in [0.3, 0.4) is 0 Å². The predicted octanol–water partition coefficient (Wildman–Crippen LogP) is 2.00. The number of halogens is 1. The molecule has 27 heavy (non-hydrogen) atoms. The van der Waals surface area contributed by atoms with E-state index >= 15 is 4.39 Å². The van der Waals surface area contributed by atoms with Crippen molar-refractivity contribution in [2.75, 3.05) is 6.54 Å². The molecule has 7 nitrogen and oxygen atoms in total. The minimum Gasteiger partial charge on any atom is -0.337 e. The van der Waals surface area contributed by atoms with E-state index in [9.17, 15) is 9.59 Å². The van der Waals surface area contributed by atoms with Crippen molar-refractivity contribution in [3.05, 3.63) is 65.6 Å². The number of nitrogens with zero attached hydrogens (tertiary/aromatic N) is 3. The molecule has 1 aromatic carbocycles. The number of rotatable bonds is 3. The Hall–Kier alpha value is -3.29. The molecule has 1 saturated carbocycles. The van der Waals surface area contributed by atoms with Gasteiger partial charge in [0.05, 0.1) is 11.6 Å². The van der Waals surface area contributed by atoms with Gasteiger partial charge in [0.1, 0.15) is 5.67 Å². The van der Waals surface area contributed by atoms with Gasteiger partial charge < -0.3 is 5.32 Å². The number of hydrogen-bond donors (Lipinski definition) is 2. The Labute approximate surface area is 153 Å². The highest BCUT2D eigenvalue weighted by molar-refractivity contribution is 6.00. The molecule has 0 spiro atoms. The van der Waals surface area contributed by atoms with E-state index in [-0.39, 0.29) is 12.5 Å². The topological polar surface area (TPSA) is 88.4 Å². The van der Waals surface area contributed by atoms with Crippen LogP contribution in [0.5, 0.6) is 0 Å². The van der Waals surface area contributed by atoms with Crippen LogP contribution in [0, 0.1) is 0 Å². The highest BCUT2D eigenvalue weighted by Crippen LogP contribution is 2.62. The second-order valence-corrected chi connectivity index (χ2v) is 6.96. The second kappa shape index (κ2) is 5.60. The summed E-state index contributed by atoms with van der Waals surface area (Å²) in [6, 6.07) is 10.3. The van der Waals surface area contributed by atoms with Gasteiger partial charge in [0.25, 0.3) is 0 Å². The average Bonchev–Trinajstić information content (AvgIpc) is 3.13. The first-order chi connectivity index (χ1) is 13.1. The number of hydrogen-bond acceptors (Lipinski definition) is 4. The van der Waals surface area contributed by atoms with Crippen molar-refractivity contribution in [3.8, 4) is 0 Å². The first-order valence-electron chi connectivity index (χ1n) is 8.73. The van der Waals surface area contributed by atoms with E-state index in [0.29, 0.717) is 23.3 Å². The molecule has 1 aliphatic heterocycles. The number of carbonyl (C=O) groups is 2. The van der Waals surface area contributed by atoms with Gasteiger partial charge in [0, 0.05) is 30.4 Å². The molecular weight excluding hydrogens is 349 g/mol. The molecule has 1 unspecified atom stereocenters. The third-order valence-corrected chi connectivity index (χ3v) is 5.31. The SMILES string of the molecule is O=C1NCC(c2cc([C@H]3C[C@]3(F)c3ccccc3)c3nccn3n2)C(=O)N1. The van der Waals surface area contributed by atoms with Crippen molar-refractivity contribution >= 4 is 17.6 Å². The maximum Gasteiger partial charge on any atom is 0.321 e. The molecule has 3 amide bonds. The third kappa shape index (κ3) is 2.48. The molecular formula is C19H16FN5O2. The van der Waals surface area contributed by atoms with Crippen LogP contribution in [0.25, 0.3) is 5.65 Å². The van der Waals surface area contributed by atoms with E-state index < -0.39 is 23.5 Å². The molecule has 2 aromatic heterocycles. The standard InChI is InChI=1S/C19H16FN5O2/c20-19(11-4-2-1-3-5-11)9-14(19)12-8-15(24-25-7-6-21-16(12)25)13-10-22-18(27)23-17(13)26/h1-8,13-14H,9-10H2,(H2,22,23,26,27)/t13?,14-,19+/m1/s1. The van der Waals surface area contributed by atoms with Crippen molar-refractivity contribution in [1.29, 1.82) is 0 Å². The first kappa shape index (κ1) is 15.9. The van der Waals surface area contributed by atoms with Gasteiger partial charge >= 0.3 is 6.03 Å². The number of amides is 3. The van der Waals surface area contributed by atoms with Crippen molar-refractivity contribution in [2.24, 2.45) is 0 Å². The fraction of sp³-hybridized carbons (Fsp3) is 0.263. The predicted molar refractivity (Wildman–Crippen MR) is 93.9 cm³/mol. The maximum absolute atomic E-state index is 15.5. The first-order valence-corrected chi connectivity index (χ1v) is 8.73. The summed E-state index contributed by atoms with van der Waals surface area (Å²) in [5.74, 6) is -1.40. The van der Waals surface area contributed by atoms with Gasteiger partial charge in [-0.05, 0) is 18.1 Å². The summed E-state index contributed by atoms with van der Waals surface area (Å²) in [5.41, 5.74) is 0.978. The number of benzene rings is 1. The number of imidazole rings is 1. The molecule has 3 heterocycles. The summed E-state index contributed by atoms with van der Waals surface area (Å²) in [4.78, 5) is 27.9. The van der Waals surface area contributed by atoms with E-state index in [0.717, 1.165) is 5.56 Å². The Morgan fingerprint density at radius 2 is 2.04 bits per heavy atom. The number of nitrogens with one attached hydrogen (secondary N) is 2. The van der Waals surface area contributed by atoms with Crippen LogP contribution in [0.1, 0.15) is 35.1 Å². The number of aromatic nitrogens is 3. The zero-order valence-corrected chi connectivity index (χ0v) is 14.2. The zero-order valence-electron chi connectivity index (χ0n) is 14.2. The number of urea groups is 1. The molecule has 0 radical (unpaired) electrons. The van der Waals surface area contributed by atoms with Gasteiger partial charge in [-0.3, -0.25) is 10.1 Å². The Bertz CT molecular complexity index is 1070. The molecule has 1 aliphatic carbocycles.